The number of para-hydroxylation sites is 3. The van der Waals surface area contributed by atoms with Gasteiger partial charge in [0.15, 0.2) is 0 Å². The van der Waals surface area contributed by atoms with E-state index < -0.39 is 17.7 Å². The molecule has 6 aromatic carbocycles. The van der Waals surface area contributed by atoms with Gasteiger partial charge in [-0.25, -0.2) is 15.0 Å². The van der Waals surface area contributed by atoms with Crippen molar-refractivity contribution in [1.82, 2.24) is 40.3 Å². The Morgan fingerprint density at radius 2 is 0.670 bits per heavy atom. The predicted octanol–water partition coefficient (Wildman–Crippen LogP) is 11.5. The van der Waals surface area contributed by atoms with E-state index in [-0.39, 0.29) is 17.7 Å². The van der Waals surface area contributed by atoms with Crippen molar-refractivity contribution in [1.29, 1.82) is 16.2 Å². The first-order valence-corrected chi connectivity index (χ1v) is 31.7. The van der Waals surface area contributed by atoms with Gasteiger partial charge in [0, 0.05) is 112 Å². The Bertz CT molecular complexity index is 4280. The molecule has 3 aromatic heterocycles. The number of amides is 6. The summed E-state index contributed by atoms with van der Waals surface area (Å²) in [5.74, 6) is 0.0446. The molecule has 0 bridgehead atoms. The molecule has 23 nitrogen and oxygen atoms in total. The first-order chi connectivity index (χ1) is 46.9. The van der Waals surface area contributed by atoms with Crippen LogP contribution in [0.5, 0.6) is 0 Å². The molecule has 0 atom stereocenters. The van der Waals surface area contributed by atoms with Crippen LogP contribution in [-0.4, -0.2) is 149 Å². The van der Waals surface area contributed by atoms with Gasteiger partial charge in [0.1, 0.15) is 35.0 Å². The number of anilines is 6. The highest BCUT2D eigenvalue weighted by Crippen LogP contribution is 2.24. The number of halogens is 3. The topological polar surface area (TPSA) is 319 Å². The number of aromatic nitrogens is 3. The van der Waals surface area contributed by atoms with Crippen LogP contribution in [0.4, 0.5) is 34.5 Å². The smallest absolute Gasteiger partial charge is 0.258 e. The second-order valence-corrected chi connectivity index (χ2v) is 23.3. The molecule has 0 saturated carbocycles. The van der Waals surface area contributed by atoms with Crippen molar-refractivity contribution >= 4 is 122 Å². The summed E-state index contributed by atoms with van der Waals surface area (Å²) in [5, 5.41) is 49.3. The van der Waals surface area contributed by atoms with Crippen molar-refractivity contribution in [3.8, 4) is 0 Å². The van der Waals surface area contributed by atoms with Gasteiger partial charge in [-0.05, 0) is 122 Å². The molecule has 494 valence electrons. The Kier molecular flexibility index (Phi) is 24.8. The maximum Gasteiger partial charge on any atom is 0.258 e. The van der Waals surface area contributed by atoms with Crippen LogP contribution < -0.4 is 42.5 Å². The summed E-state index contributed by atoms with van der Waals surface area (Å²) in [6.07, 6.45) is 5.31. The highest BCUT2D eigenvalue weighted by Gasteiger charge is 2.21. The van der Waals surface area contributed by atoms with Crippen molar-refractivity contribution < 1.29 is 28.8 Å². The third kappa shape index (κ3) is 19.9. The van der Waals surface area contributed by atoms with Crippen LogP contribution >= 0.6 is 34.8 Å². The quantitative estimate of drug-likeness (QED) is 0.0336. The van der Waals surface area contributed by atoms with Gasteiger partial charge in [-0.15, -0.1) is 0 Å². The van der Waals surface area contributed by atoms with Gasteiger partial charge in [-0.2, -0.15) is 0 Å². The molecule has 0 unspecified atom stereocenters. The number of hydrogen-bond donors (Lipinski definition) is 11. The monoisotopic (exact) mass is 1360 g/mol. The Morgan fingerprint density at radius 1 is 0.371 bits per heavy atom. The highest BCUT2D eigenvalue weighted by atomic mass is 35.5. The Labute approximate surface area is 574 Å². The lowest BCUT2D eigenvalue weighted by atomic mass is 10.1. The Morgan fingerprint density at radius 3 is 0.990 bits per heavy atom. The van der Waals surface area contributed by atoms with Crippen LogP contribution in [0.15, 0.2) is 201 Å². The van der Waals surface area contributed by atoms with Gasteiger partial charge >= 0.3 is 0 Å². The van der Waals surface area contributed by atoms with E-state index in [4.69, 9.17) is 51.0 Å². The van der Waals surface area contributed by atoms with E-state index in [1.165, 1.54) is 18.6 Å². The number of piperazine rings is 1. The van der Waals surface area contributed by atoms with Gasteiger partial charge in [-0.3, -0.25) is 45.0 Å². The summed E-state index contributed by atoms with van der Waals surface area (Å²) in [5.41, 5.74) is 5.54. The van der Waals surface area contributed by atoms with E-state index in [1.54, 1.807) is 201 Å². The van der Waals surface area contributed by atoms with E-state index in [0.717, 1.165) is 69.9 Å². The van der Waals surface area contributed by atoms with Crippen LogP contribution in [0.2, 0.25) is 15.1 Å². The average Bonchev–Trinajstić information content (AvgIpc) is 0.991. The zero-order valence-corrected chi connectivity index (χ0v) is 55.0. The summed E-state index contributed by atoms with van der Waals surface area (Å²) >= 11 is 17.5. The number of amidine groups is 3. The summed E-state index contributed by atoms with van der Waals surface area (Å²) < 4.78 is 0. The molecular weight excluding hydrogens is 1290 g/mol. The fourth-order valence-corrected chi connectivity index (χ4v) is 10.1. The minimum atomic E-state index is -0.407. The molecule has 2 aliphatic rings. The highest BCUT2D eigenvalue weighted by molar-refractivity contribution is 6.31. The van der Waals surface area contributed by atoms with Gasteiger partial charge in [0.25, 0.3) is 35.4 Å². The number of carbonyl (C=O) groups excluding carboxylic acids is 6. The lowest BCUT2D eigenvalue weighted by molar-refractivity contribution is 0.101. The van der Waals surface area contributed by atoms with Crippen molar-refractivity contribution in [2.75, 3.05) is 98.4 Å². The zero-order chi connectivity index (χ0) is 68.8. The molecule has 0 spiro atoms. The molecule has 97 heavy (non-hydrogen) atoms. The molecule has 26 heteroatoms. The largest absolute Gasteiger partial charge is 0.363 e. The van der Waals surface area contributed by atoms with Gasteiger partial charge in [-0.1, -0.05) is 108 Å². The third-order valence-electron chi connectivity index (χ3n) is 15.0. The molecule has 2 saturated heterocycles. The third-order valence-corrected chi connectivity index (χ3v) is 15.6. The molecule has 11 N–H and O–H groups in total. The summed E-state index contributed by atoms with van der Waals surface area (Å²) in [4.78, 5) is 94.4. The standard InChI is InChI=1S/C25H25ClN6O2.C24H23ClN6O2.C22H20ClN5O2/c26-19-10-11-22(29-16-19)31-25(34)20-4-1-2-5-21(20)30-24(33)18-8-6-17(7-9-18)23(27)32-14-3-12-28-13-15-32;25-18-9-10-21(28-15-18)30-24(33)19-3-1-2-4-20(19)29-23(32)17-7-5-16(6-8-17)22(26)31-13-11-27-12-14-31;1-28(2)20(24)14-7-9-15(10-8-14)21(29)26-18-6-4-3-5-17(18)22(30)27-19-12-11-16(23)13-25-19/h1-2,4-11,16,27-28H,3,12-15H2,(H,30,33)(H,29,31,34);1-10,15,26-27H,11-14H2,(H,29,32)(H,28,30,33);3-13,24H,1-2H3,(H,26,29)(H,25,27,30). The molecule has 0 aliphatic carbocycles. The number of nitrogens with zero attached hydrogens (tertiary/aromatic N) is 6. The van der Waals surface area contributed by atoms with E-state index in [9.17, 15) is 28.8 Å². The van der Waals surface area contributed by atoms with Crippen molar-refractivity contribution in [3.63, 3.8) is 0 Å². The van der Waals surface area contributed by atoms with Crippen LogP contribution in [0.25, 0.3) is 0 Å². The molecule has 2 aliphatic heterocycles. The van der Waals surface area contributed by atoms with Crippen molar-refractivity contribution in [2.45, 2.75) is 6.42 Å². The maximum atomic E-state index is 12.9. The first kappa shape index (κ1) is 70.1. The van der Waals surface area contributed by atoms with Gasteiger partial charge < -0.3 is 57.2 Å². The summed E-state index contributed by atoms with van der Waals surface area (Å²) in [6.45, 7) is 6.69. The second-order valence-electron chi connectivity index (χ2n) is 21.9. The van der Waals surface area contributed by atoms with Crippen molar-refractivity contribution in [2.24, 2.45) is 0 Å². The van der Waals surface area contributed by atoms with E-state index in [2.05, 4.69) is 57.5 Å². The van der Waals surface area contributed by atoms with E-state index in [0.29, 0.717) is 106 Å². The molecule has 6 amide bonds. The zero-order valence-electron chi connectivity index (χ0n) is 52.7. The summed E-state index contributed by atoms with van der Waals surface area (Å²) in [6, 6.07) is 50.4. The molecule has 5 heterocycles. The Balaban J connectivity index is 0.000000171. The normalized spacial score (nSPS) is 12.5. The SMILES string of the molecule is CN(C)C(=N)c1ccc(C(=O)Nc2ccccc2C(=O)Nc2ccc(Cl)cn2)cc1.N=C(c1ccc(C(=O)Nc2ccccc2C(=O)Nc2ccc(Cl)cn2)cc1)N1CCCNCC1.N=C(c1ccc(C(=O)Nc2ccccc2C(=O)Nc2ccc(Cl)cn2)cc1)N1CCNCC1. The van der Waals surface area contributed by atoms with Crippen LogP contribution in [0, 0.1) is 16.2 Å². The lowest BCUT2D eigenvalue weighted by Gasteiger charge is -2.29. The van der Waals surface area contributed by atoms with E-state index in [1.807, 2.05) is 9.80 Å². The van der Waals surface area contributed by atoms with Crippen LogP contribution in [0.3, 0.4) is 0 Å². The fraction of sp³-hybridized carbons (Fsp3) is 0.155. The Hall–Kier alpha value is -11.2. The van der Waals surface area contributed by atoms with Gasteiger partial charge in [0.2, 0.25) is 0 Å². The molecule has 9 aromatic rings. The number of carbonyl (C=O) groups is 6. The molecule has 11 rings (SSSR count). The van der Waals surface area contributed by atoms with Crippen molar-refractivity contribution in [3.05, 3.63) is 266 Å². The predicted molar refractivity (Wildman–Crippen MR) is 382 cm³/mol. The maximum absolute atomic E-state index is 12.9. The first-order valence-electron chi connectivity index (χ1n) is 30.5. The molecule has 2 fully saturated rings. The average molecular weight is 1360 g/mol. The lowest BCUT2D eigenvalue weighted by Crippen LogP contribution is -2.46. The fourth-order valence-electron chi connectivity index (χ4n) is 9.77. The number of pyridine rings is 3. The van der Waals surface area contributed by atoms with Gasteiger partial charge in [0.05, 0.1) is 48.8 Å². The second kappa shape index (κ2) is 34.3. The van der Waals surface area contributed by atoms with E-state index >= 15 is 0 Å². The molecule has 0 radical (unpaired) electrons. The minimum Gasteiger partial charge on any atom is -0.363 e. The number of rotatable bonds is 15. The summed E-state index contributed by atoms with van der Waals surface area (Å²) in [7, 11) is 3.56. The van der Waals surface area contributed by atoms with Crippen LogP contribution in [-0.2, 0) is 0 Å². The number of benzene rings is 6. The molecular formula is C71H68Cl3N17O6. The van der Waals surface area contributed by atoms with Crippen LogP contribution in [0.1, 0.15) is 85.3 Å². The minimum absolute atomic E-state index is 0.300. The number of hydrogen-bond acceptors (Lipinski definition) is 14. The number of nitrogens with one attached hydrogen (secondary N) is 11.